The average molecular weight is 329 g/mol. The molecule has 0 spiro atoms. The fourth-order valence-corrected chi connectivity index (χ4v) is 3.57. The molecule has 1 aliphatic rings. The summed E-state index contributed by atoms with van der Waals surface area (Å²) in [4.78, 5) is 28.5. The molecule has 2 heterocycles. The Labute approximate surface area is 139 Å². The van der Waals surface area contributed by atoms with Crippen LogP contribution < -0.4 is 10.9 Å². The highest BCUT2D eigenvalue weighted by molar-refractivity contribution is 7.99. The summed E-state index contributed by atoms with van der Waals surface area (Å²) in [6.45, 7) is 4.65. The van der Waals surface area contributed by atoms with E-state index in [1.54, 1.807) is 4.57 Å². The zero-order valence-corrected chi connectivity index (χ0v) is 14.0. The molecule has 5 nitrogen and oxygen atoms in total. The number of anilines is 1. The highest BCUT2D eigenvalue weighted by Crippen LogP contribution is 2.25. The molecule has 0 fully saturated rings. The summed E-state index contributed by atoms with van der Waals surface area (Å²) in [5.41, 5.74) is 1.91. The second kappa shape index (κ2) is 6.58. The fraction of sp³-hybridized carbons (Fsp3) is 0.353. The van der Waals surface area contributed by atoms with Gasteiger partial charge in [0.05, 0.1) is 5.92 Å². The molecule has 0 saturated carbocycles. The SMILES string of the molecule is CC(C)c1ccc(NC(=O)C2CSc3nccc(=O)n3C2)cc1. The van der Waals surface area contributed by atoms with E-state index in [9.17, 15) is 9.59 Å². The summed E-state index contributed by atoms with van der Waals surface area (Å²) in [6.07, 6.45) is 1.51. The number of aromatic nitrogens is 2. The van der Waals surface area contributed by atoms with Crippen LogP contribution in [0, 0.1) is 5.92 Å². The summed E-state index contributed by atoms with van der Waals surface area (Å²) < 4.78 is 1.57. The van der Waals surface area contributed by atoms with Crippen molar-refractivity contribution in [2.45, 2.75) is 31.5 Å². The predicted octanol–water partition coefficient (Wildman–Crippen LogP) is 2.73. The molecule has 1 amide bonds. The van der Waals surface area contributed by atoms with Crippen molar-refractivity contribution in [3.8, 4) is 0 Å². The summed E-state index contributed by atoms with van der Waals surface area (Å²) in [6, 6.07) is 9.32. The molecule has 0 aliphatic carbocycles. The maximum Gasteiger partial charge on any atom is 0.254 e. The number of thioether (sulfide) groups is 1. The Kier molecular flexibility index (Phi) is 4.52. The van der Waals surface area contributed by atoms with Crippen molar-refractivity contribution in [3.05, 3.63) is 52.4 Å². The lowest BCUT2D eigenvalue weighted by molar-refractivity contribution is -0.119. The maximum atomic E-state index is 12.4. The standard InChI is InChI=1S/C17H19N3O2S/c1-11(2)12-3-5-14(6-4-12)19-16(22)13-9-20-15(21)7-8-18-17(20)23-10-13/h3-8,11,13H,9-10H2,1-2H3,(H,19,22). The van der Waals surface area contributed by atoms with Gasteiger partial charge in [0.25, 0.3) is 5.56 Å². The minimum absolute atomic E-state index is 0.0591. The van der Waals surface area contributed by atoms with Crippen LogP contribution in [0.25, 0.3) is 0 Å². The van der Waals surface area contributed by atoms with Crippen LogP contribution in [0.4, 0.5) is 5.69 Å². The number of hydrogen-bond acceptors (Lipinski definition) is 4. The average Bonchev–Trinajstić information content (AvgIpc) is 2.55. The molecule has 3 rings (SSSR count). The number of hydrogen-bond donors (Lipinski definition) is 1. The summed E-state index contributed by atoms with van der Waals surface area (Å²) in [5.74, 6) is 0.799. The van der Waals surface area contributed by atoms with Gasteiger partial charge in [-0.25, -0.2) is 4.98 Å². The van der Waals surface area contributed by atoms with E-state index in [-0.39, 0.29) is 17.4 Å². The van der Waals surface area contributed by atoms with Crippen molar-refractivity contribution in [1.29, 1.82) is 0 Å². The van der Waals surface area contributed by atoms with E-state index < -0.39 is 0 Å². The van der Waals surface area contributed by atoms with E-state index >= 15 is 0 Å². The third-order valence-corrected chi connectivity index (χ3v) is 5.08. The lowest BCUT2D eigenvalue weighted by Gasteiger charge is -2.23. The molecule has 0 bridgehead atoms. The molecule has 1 atom stereocenters. The number of amides is 1. The molecular formula is C17H19N3O2S. The summed E-state index contributed by atoms with van der Waals surface area (Å²) >= 11 is 1.45. The van der Waals surface area contributed by atoms with Gasteiger partial charge in [-0.2, -0.15) is 0 Å². The van der Waals surface area contributed by atoms with Crippen molar-refractivity contribution >= 4 is 23.4 Å². The number of benzene rings is 1. The van der Waals surface area contributed by atoms with Crippen LogP contribution in [0.3, 0.4) is 0 Å². The van der Waals surface area contributed by atoms with E-state index in [1.165, 1.54) is 29.6 Å². The number of carbonyl (C=O) groups is 1. The van der Waals surface area contributed by atoms with Crippen LogP contribution in [0.5, 0.6) is 0 Å². The summed E-state index contributed by atoms with van der Waals surface area (Å²) in [7, 11) is 0. The second-order valence-electron chi connectivity index (χ2n) is 5.95. The van der Waals surface area contributed by atoms with Crippen molar-refractivity contribution in [1.82, 2.24) is 9.55 Å². The van der Waals surface area contributed by atoms with E-state index in [1.807, 2.05) is 24.3 Å². The molecule has 6 heteroatoms. The van der Waals surface area contributed by atoms with E-state index in [0.717, 1.165) is 5.69 Å². The van der Waals surface area contributed by atoms with Crippen LogP contribution >= 0.6 is 11.8 Å². The predicted molar refractivity (Wildman–Crippen MR) is 91.9 cm³/mol. The smallest absolute Gasteiger partial charge is 0.254 e. The molecule has 1 aromatic heterocycles. The third-order valence-electron chi connectivity index (χ3n) is 3.93. The lowest BCUT2D eigenvalue weighted by atomic mass is 10.0. The molecule has 0 radical (unpaired) electrons. The molecule has 1 unspecified atom stereocenters. The molecule has 0 saturated heterocycles. The minimum Gasteiger partial charge on any atom is -0.326 e. The van der Waals surface area contributed by atoms with Crippen molar-refractivity contribution in [3.63, 3.8) is 0 Å². The zero-order chi connectivity index (χ0) is 16.4. The number of rotatable bonds is 3. The number of nitrogens with zero attached hydrogens (tertiary/aromatic N) is 2. The fourth-order valence-electron chi connectivity index (χ4n) is 2.50. The quantitative estimate of drug-likeness (QED) is 0.880. The van der Waals surface area contributed by atoms with Crippen LogP contribution in [-0.2, 0) is 11.3 Å². The zero-order valence-electron chi connectivity index (χ0n) is 13.2. The Morgan fingerprint density at radius 2 is 2.04 bits per heavy atom. The number of nitrogens with one attached hydrogen (secondary N) is 1. The van der Waals surface area contributed by atoms with Crippen LogP contribution in [-0.4, -0.2) is 21.2 Å². The van der Waals surface area contributed by atoms with E-state index in [2.05, 4.69) is 24.1 Å². The van der Waals surface area contributed by atoms with E-state index in [0.29, 0.717) is 23.4 Å². The molecule has 1 N–H and O–H groups in total. The van der Waals surface area contributed by atoms with Gasteiger partial charge < -0.3 is 5.32 Å². The van der Waals surface area contributed by atoms with E-state index in [4.69, 9.17) is 0 Å². The Balaban J connectivity index is 1.70. The highest BCUT2D eigenvalue weighted by Gasteiger charge is 2.26. The lowest BCUT2D eigenvalue weighted by Crippen LogP contribution is -2.36. The largest absolute Gasteiger partial charge is 0.326 e. The van der Waals surface area contributed by atoms with Crippen molar-refractivity contribution < 1.29 is 4.79 Å². The van der Waals surface area contributed by atoms with Gasteiger partial charge in [0.2, 0.25) is 5.91 Å². The van der Waals surface area contributed by atoms with Crippen LogP contribution in [0.15, 0.2) is 46.5 Å². The second-order valence-corrected chi connectivity index (χ2v) is 6.94. The number of fused-ring (bicyclic) bond motifs is 1. The van der Waals surface area contributed by atoms with Crippen LogP contribution in [0.2, 0.25) is 0 Å². The first-order valence-corrected chi connectivity index (χ1v) is 8.62. The van der Waals surface area contributed by atoms with Gasteiger partial charge in [-0.3, -0.25) is 14.2 Å². The van der Waals surface area contributed by atoms with Gasteiger partial charge in [0.1, 0.15) is 0 Å². The molecule has 120 valence electrons. The first kappa shape index (κ1) is 15.8. The maximum absolute atomic E-state index is 12.4. The van der Waals surface area contributed by atoms with Gasteiger partial charge in [0, 0.05) is 30.2 Å². The first-order valence-electron chi connectivity index (χ1n) is 7.64. The van der Waals surface area contributed by atoms with Gasteiger partial charge in [-0.15, -0.1) is 0 Å². The Bertz CT molecular complexity index is 768. The monoisotopic (exact) mass is 329 g/mol. The third kappa shape index (κ3) is 3.47. The topological polar surface area (TPSA) is 64.0 Å². The Morgan fingerprint density at radius 3 is 2.74 bits per heavy atom. The Morgan fingerprint density at radius 1 is 1.30 bits per heavy atom. The number of carbonyl (C=O) groups excluding carboxylic acids is 1. The van der Waals surface area contributed by atoms with Gasteiger partial charge in [-0.1, -0.05) is 37.7 Å². The first-order chi connectivity index (χ1) is 11.0. The highest BCUT2D eigenvalue weighted by atomic mass is 32.2. The van der Waals surface area contributed by atoms with Gasteiger partial charge >= 0.3 is 0 Å². The normalized spacial score (nSPS) is 16.9. The van der Waals surface area contributed by atoms with Crippen molar-refractivity contribution in [2.75, 3.05) is 11.1 Å². The van der Waals surface area contributed by atoms with Crippen LogP contribution in [0.1, 0.15) is 25.3 Å². The summed E-state index contributed by atoms with van der Waals surface area (Å²) in [5, 5.41) is 3.62. The Hall–Kier alpha value is -2.08. The molecule has 1 aliphatic heterocycles. The molecule has 23 heavy (non-hydrogen) atoms. The molecular weight excluding hydrogens is 310 g/mol. The molecule has 2 aromatic rings. The molecule has 1 aromatic carbocycles. The van der Waals surface area contributed by atoms with Gasteiger partial charge in [-0.05, 0) is 23.6 Å². The minimum atomic E-state index is -0.237. The van der Waals surface area contributed by atoms with Gasteiger partial charge in [0.15, 0.2) is 5.16 Å². The van der Waals surface area contributed by atoms with Crippen molar-refractivity contribution in [2.24, 2.45) is 5.92 Å².